The quantitative estimate of drug-likeness (QED) is 0.510. The Morgan fingerprint density at radius 1 is 1.04 bits per heavy atom. The lowest BCUT2D eigenvalue weighted by molar-refractivity contribution is 0.182. The highest BCUT2D eigenvalue weighted by Gasteiger charge is 2.07. The molecule has 0 spiro atoms. The monoisotopic (exact) mass is 377 g/mol. The summed E-state index contributed by atoms with van der Waals surface area (Å²) in [6.45, 7) is 1.81. The van der Waals surface area contributed by atoms with Crippen LogP contribution < -0.4 is 0 Å². The van der Waals surface area contributed by atoms with Gasteiger partial charge in [0.25, 0.3) is 0 Å². The van der Waals surface area contributed by atoms with Crippen LogP contribution in [0, 0.1) is 5.82 Å². The number of hydrogen-bond acceptors (Lipinski definition) is 3. The lowest BCUT2D eigenvalue weighted by Crippen LogP contribution is -1.97. The van der Waals surface area contributed by atoms with Crippen molar-refractivity contribution in [1.82, 2.24) is 4.98 Å². The maximum absolute atomic E-state index is 14.0. The number of unbranched alkanes of at least 4 members (excludes halogenated alkanes) is 1. The molecule has 0 saturated heterocycles. The maximum atomic E-state index is 14.0. The number of pyridine rings is 1. The first kappa shape index (κ1) is 19.8. The highest BCUT2D eigenvalue weighted by atomic mass is 19.1. The molecule has 0 aliphatic heterocycles. The zero-order valence-electron chi connectivity index (χ0n) is 15.8. The van der Waals surface area contributed by atoms with Gasteiger partial charge in [-0.15, -0.1) is 0 Å². The Labute approximate surface area is 164 Å². The van der Waals surface area contributed by atoms with E-state index in [0.717, 1.165) is 42.1 Å². The lowest BCUT2D eigenvalue weighted by atomic mass is 10.0. The number of halogens is 1. The number of phenols is 1. The number of aromatic hydroxyl groups is 1. The fourth-order valence-corrected chi connectivity index (χ4v) is 2.98. The van der Waals surface area contributed by atoms with Crippen LogP contribution in [-0.4, -0.2) is 21.3 Å². The van der Waals surface area contributed by atoms with Crippen molar-refractivity contribution < 1.29 is 14.6 Å². The molecule has 28 heavy (non-hydrogen) atoms. The number of rotatable bonds is 7. The summed E-state index contributed by atoms with van der Waals surface area (Å²) in [5.74, 6) is -0.568. The van der Waals surface area contributed by atoms with Crippen molar-refractivity contribution >= 4 is 6.08 Å². The molecular weight excluding hydrogens is 353 g/mol. The molecule has 0 amide bonds. The van der Waals surface area contributed by atoms with Gasteiger partial charge in [-0.05, 0) is 49.9 Å². The molecular formula is C24H24FNO2. The van der Waals surface area contributed by atoms with Crippen LogP contribution in [0.4, 0.5) is 4.39 Å². The van der Waals surface area contributed by atoms with Crippen molar-refractivity contribution in [2.45, 2.75) is 32.3 Å². The zero-order chi connectivity index (χ0) is 19.9. The Hall–Kier alpha value is -2.98. The van der Waals surface area contributed by atoms with Gasteiger partial charge in [-0.1, -0.05) is 42.5 Å². The average Bonchev–Trinajstić information content (AvgIpc) is 2.68. The van der Waals surface area contributed by atoms with Crippen LogP contribution in [0.1, 0.15) is 31.7 Å². The van der Waals surface area contributed by atoms with Crippen LogP contribution in [0.3, 0.4) is 0 Å². The first-order chi connectivity index (χ1) is 13.5. The Morgan fingerprint density at radius 3 is 2.43 bits per heavy atom. The highest BCUT2D eigenvalue weighted by molar-refractivity contribution is 5.68. The molecule has 3 rings (SSSR count). The van der Waals surface area contributed by atoms with E-state index in [-0.39, 0.29) is 11.9 Å². The molecule has 1 atom stereocenters. The van der Waals surface area contributed by atoms with Crippen molar-refractivity contribution in [2.75, 3.05) is 0 Å². The summed E-state index contributed by atoms with van der Waals surface area (Å²) < 4.78 is 14.0. The van der Waals surface area contributed by atoms with E-state index in [1.54, 1.807) is 12.3 Å². The van der Waals surface area contributed by atoms with E-state index in [9.17, 15) is 14.6 Å². The summed E-state index contributed by atoms with van der Waals surface area (Å²) >= 11 is 0. The number of benzene rings is 2. The first-order valence-electron chi connectivity index (χ1n) is 9.43. The second kappa shape index (κ2) is 9.29. The average molecular weight is 377 g/mol. The van der Waals surface area contributed by atoms with Crippen LogP contribution >= 0.6 is 0 Å². The Morgan fingerprint density at radius 2 is 1.79 bits per heavy atom. The molecule has 1 heterocycles. The number of aromatic nitrogens is 1. The van der Waals surface area contributed by atoms with Crippen LogP contribution in [0.15, 0.2) is 66.9 Å². The number of allylic oxidation sites excluding steroid dienone is 1. The molecule has 4 heteroatoms. The molecule has 1 aromatic heterocycles. The lowest BCUT2D eigenvalue weighted by Gasteiger charge is -2.06. The topological polar surface area (TPSA) is 53.4 Å². The summed E-state index contributed by atoms with van der Waals surface area (Å²) in [6, 6.07) is 15.9. The van der Waals surface area contributed by atoms with Gasteiger partial charge in [-0.25, -0.2) is 4.39 Å². The van der Waals surface area contributed by atoms with Crippen LogP contribution in [0.5, 0.6) is 5.75 Å². The molecule has 2 aromatic carbocycles. The standard InChI is InChI=1S/C24H24FNO2/c1-17(27)5-3-2-4-6-18-7-9-19(10-8-18)24-14-11-20(16-26-24)22-13-12-21(28)15-23(22)25/h4,6-17,27-28H,2-3,5H2,1H3. The fraction of sp³-hybridized carbons (Fsp3) is 0.208. The third kappa shape index (κ3) is 5.27. The smallest absolute Gasteiger partial charge is 0.134 e. The molecule has 3 nitrogen and oxygen atoms in total. The van der Waals surface area contributed by atoms with E-state index in [0.29, 0.717) is 11.1 Å². The fourth-order valence-electron chi connectivity index (χ4n) is 2.98. The van der Waals surface area contributed by atoms with Gasteiger partial charge in [0.05, 0.1) is 11.8 Å². The van der Waals surface area contributed by atoms with Gasteiger partial charge in [0.15, 0.2) is 0 Å². The number of phenolic OH excluding ortho intramolecular Hbond substituents is 1. The molecule has 0 aliphatic rings. The maximum Gasteiger partial charge on any atom is 0.134 e. The molecule has 3 aromatic rings. The van der Waals surface area contributed by atoms with Crippen molar-refractivity contribution in [3.63, 3.8) is 0 Å². The van der Waals surface area contributed by atoms with E-state index in [1.165, 1.54) is 6.07 Å². The SMILES string of the molecule is CC(O)CCCC=Cc1ccc(-c2ccc(-c3ccc(O)cc3F)cn2)cc1. The van der Waals surface area contributed by atoms with Crippen LogP contribution in [0.25, 0.3) is 28.5 Å². The van der Waals surface area contributed by atoms with Gasteiger partial charge >= 0.3 is 0 Å². The normalized spacial score (nSPS) is 12.4. The molecule has 0 saturated carbocycles. The molecule has 2 N–H and O–H groups in total. The zero-order valence-corrected chi connectivity index (χ0v) is 15.8. The van der Waals surface area contributed by atoms with E-state index in [1.807, 2.05) is 43.3 Å². The van der Waals surface area contributed by atoms with Gasteiger partial charge in [0.1, 0.15) is 11.6 Å². The van der Waals surface area contributed by atoms with Gasteiger partial charge in [-0.2, -0.15) is 0 Å². The molecule has 0 bridgehead atoms. The second-order valence-corrected chi connectivity index (χ2v) is 6.90. The summed E-state index contributed by atoms with van der Waals surface area (Å²) in [5.41, 5.74) is 3.99. The van der Waals surface area contributed by atoms with E-state index in [4.69, 9.17) is 0 Å². The van der Waals surface area contributed by atoms with E-state index in [2.05, 4.69) is 17.1 Å². The van der Waals surface area contributed by atoms with Crippen molar-refractivity contribution in [3.8, 4) is 28.1 Å². The van der Waals surface area contributed by atoms with Gasteiger partial charge < -0.3 is 10.2 Å². The number of hydrogen-bond donors (Lipinski definition) is 2. The summed E-state index contributed by atoms with van der Waals surface area (Å²) in [4.78, 5) is 4.45. The predicted octanol–water partition coefficient (Wildman–Crippen LogP) is 5.82. The summed E-state index contributed by atoms with van der Waals surface area (Å²) in [6.07, 6.45) is 8.34. The Bertz CT molecular complexity index is 932. The Kier molecular flexibility index (Phi) is 6.56. The molecule has 0 radical (unpaired) electrons. The Balaban J connectivity index is 1.66. The molecule has 0 aliphatic carbocycles. The highest BCUT2D eigenvalue weighted by Crippen LogP contribution is 2.27. The van der Waals surface area contributed by atoms with E-state index >= 15 is 0 Å². The van der Waals surface area contributed by atoms with Crippen LogP contribution in [0.2, 0.25) is 0 Å². The third-order valence-electron chi connectivity index (χ3n) is 4.54. The van der Waals surface area contributed by atoms with Gasteiger partial charge in [0, 0.05) is 29.0 Å². The molecule has 144 valence electrons. The minimum absolute atomic E-state index is 0.0945. The van der Waals surface area contributed by atoms with Crippen LogP contribution in [-0.2, 0) is 0 Å². The first-order valence-corrected chi connectivity index (χ1v) is 9.43. The van der Waals surface area contributed by atoms with Gasteiger partial charge in [0.2, 0.25) is 0 Å². The molecule has 0 fully saturated rings. The number of aliphatic hydroxyl groups is 1. The third-order valence-corrected chi connectivity index (χ3v) is 4.54. The number of aliphatic hydroxyl groups excluding tert-OH is 1. The predicted molar refractivity (Wildman–Crippen MR) is 111 cm³/mol. The van der Waals surface area contributed by atoms with Crippen molar-refractivity contribution in [1.29, 1.82) is 0 Å². The number of nitrogens with zero attached hydrogens (tertiary/aromatic N) is 1. The molecule has 1 unspecified atom stereocenters. The minimum Gasteiger partial charge on any atom is -0.508 e. The minimum atomic E-state index is -0.473. The second-order valence-electron chi connectivity index (χ2n) is 6.90. The summed E-state index contributed by atoms with van der Waals surface area (Å²) in [7, 11) is 0. The van der Waals surface area contributed by atoms with Crippen molar-refractivity contribution in [2.24, 2.45) is 0 Å². The summed E-state index contributed by atoms with van der Waals surface area (Å²) in [5, 5.41) is 18.6. The largest absolute Gasteiger partial charge is 0.508 e. The van der Waals surface area contributed by atoms with Gasteiger partial charge in [-0.3, -0.25) is 4.98 Å². The van der Waals surface area contributed by atoms with E-state index < -0.39 is 5.82 Å². The van der Waals surface area contributed by atoms with Crippen molar-refractivity contribution in [3.05, 3.63) is 78.3 Å².